The van der Waals surface area contributed by atoms with Crippen molar-refractivity contribution in [2.24, 2.45) is 0 Å². The van der Waals surface area contributed by atoms with Gasteiger partial charge in [-0.3, -0.25) is 0 Å². The second kappa shape index (κ2) is 4.56. The van der Waals surface area contributed by atoms with E-state index < -0.39 is 0 Å². The summed E-state index contributed by atoms with van der Waals surface area (Å²) in [6, 6.07) is 4.19. The van der Waals surface area contributed by atoms with Crippen molar-refractivity contribution in [2.45, 2.75) is 58.1 Å². The Balaban J connectivity index is 3.50. The summed E-state index contributed by atoms with van der Waals surface area (Å²) in [5, 5.41) is 10.3. The Morgan fingerprint density at radius 1 is 1.00 bits per heavy atom. The zero-order valence-electron chi connectivity index (χ0n) is 11.8. The van der Waals surface area contributed by atoms with Crippen molar-refractivity contribution in [1.82, 2.24) is 0 Å². The molecule has 1 N–H and O–H groups in total. The number of benzene rings is 1. The quantitative estimate of drug-likeness (QED) is 0.709. The molecule has 0 aliphatic carbocycles. The lowest BCUT2D eigenvalue weighted by molar-refractivity contribution is 0.440. The highest BCUT2D eigenvalue weighted by Crippen LogP contribution is 2.37. The van der Waals surface area contributed by atoms with Crippen molar-refractivity contribution >= 4 is 12.6 Å². The summed E-state index contributed by atoms with van der Waals surface area (Å²) in [6.07, 6.45) is 0. The average molecular weight is 252 g/mol. The van der Waals surface area contributed by atoms with E-state index >= 15 is 0 Å². The van der Waals surface area contributed by atoms with Gasteiger partial charge in [-0.05, 0) is 22.0 Å². The van der Waals surface area contributed by atoms with E-state index in [1.54, 1.807) is 0 Å². The molecule has 0 heterocycles. The van der Waals surface area contributed by atoms with Gasteiger partial charge in [0, 0.05) is 11.3 Å². The zero-order chi connectivity index (χ0) is 13.4. The maximum absolute atomic E-state index is 10.3. The first-order valence-electron chi connectivity index (χ1n) is 6.05. The fourth-order valence-electron chi connectivity index (χ4n) is 1.82. The lowest BCUT2D eigenvalue weighted by Gasteiger charge is -2.27. The third kappa shape index (κ3) is 3.19. The fraction of sp³-hybridized carbons (Fsp3) is 0.600. The summed E-state index contributed by atoms with van der Waals surface area (Å²) in [5.74, 6) is 0.972. The van der Waals surface area contributed by atoms with Crippen molar-refractivity contribution in [1.29, 1.82) is 0 Å². The van der Waals surface area contributed by atoms with Gasteiger partial charge in [-0.25, -0.2) is 0 Å². The van der Waals surface area contributed by atoms with Crippen LogP contribution in [0.3, 0.4) is 0 Å². The Morgan fingerprint density at radius 3 is 1.88 bits per heavy atom. The van der Waals surface area contributed by atoms with Gasteiger partial charge in [0.2, 0.25) is 0 Å². The number of phenols is 1. The SMILES string of the molecule is CC(C)(C)c1cc(CS)c(O)c(C(C)(C)C)c1. The third-order valence-electron chi connectivity index (χ3n) is 3.03. The second-order valence-electron chi connectivity index (χ2n) is 6.69. The van der Waals surface area contributed by atoms with Crippen molar-refractivity contribution in [2.75, 3.05) is 0 Å². The monoisotopic (exact) mass is 252 g/mol. The summed E-state index contributed by atoms with van der Waals surface area (Å²) in [4.78, 5) is 0. The highest BCUT2D eigenvalue weighted by molar-refractivity contribution is 7.79. The van der Waals surface area contributed by atoms with Gasteiger partial charge < -0.3 is 5.11 Å². The van der Waals surface area contributed by atoms with Gasteiger partial charge in [-0.15, -0.1) is 0 Å². The van der Waals surface area contributed by atoms with Crippen LogP contribution in [0.15, 0.2) is 12.1 Å². The molecule has 0 saturated heterocycles. The first-order valence-corrected chi connectivity index (χ1v) is 6.68. The summed E-state index contributed by atoms with van der Waals surface area (Å²) >= 11 is 4.31. The molecule has 1 aromatic rings. The first kappa shape index (κ1) is 14.4. The summed E-state index contributed by atoms with van der Waals surface area (Å²) < 4.78 is 0. The normalized spacial score (nSPS) is 12.9. The Hall–Kier alpha value is -0.630. The molecule has 0 amide bonds. The summed E-state index contributed by atoms with van der Waals surface area (Å²) in [6.45, 7) is 12.9. The number of hydrogen-bond donors (Lipinski definition) is 2. The smallest absolute Gasteiger partial charge is 0.123 e. The van der Waals surface area contributed by atoms with Crippen molar-refractivity contribution in [3.8, 4) is 5.75 Å². The van der Waals surface area contributed by atoms with E-state index in [-0.39, 0.29) is 10.8 Å². The van der Waals surface area contributed by atoms with Crippen LogP contribution in [-0.2, 0) is 16.6 Å². The maximum atomic E-state index is 10.3. The molecule has 0 fully saturated rings. The van der Waals surface area contributed by atoms with Crippen LogP contribution < -0.4 is 0 Å². The number of aromatic hydroxyl groups is 1. The van der Waals surface area contributed by atoms with Crippen LogP contribution in [-0.4, -0.2) is 5.11 Å². The van der Waals surface area contributed by atoms with Gasteiger partial charge >= 0.3 is 0 Å². The molecule has 0 radical (unpaired) electrons. The van der Waals surface area contributed by atoms with Crippen molar-refractivity contribution < 1.29 is 5.11 Å². The average Bonchev–Trinajstić information content (AvgIpc) is 2.14. The Labute approximate surface area is 111 Å². The highest BCUT2D eigenvalue weighted by Gasteiger charge is 2.24. The van der Waals surface area contributed by atoms with Gasteiger partial charge in [0.25, 0.3) is 0 Å². The molecule has 1 nitrogen and oxygen atoms in total. The predicted molar refractivity (Wildman–Crippen MR) is 78.2 cm³/mol. The van der Waals surface area contributed by atoms with E-state index in [4.69, 9.17) is 0 Å². The molecule has 0 bridgehead atoms. The molecule has 1 aromatic carbocycles. The van der Waals surface area contributed by atoms with Gasteiger partial charge in [-0.1, -0.05) is 53.7 Å². The van der Waals surface area contributed by atoms with Crippen LogP contribution in [0.2, 0.25) is 0 Å². The van der Waals surface area contributed by atoms with Crippen LogP contribution in [0, 0.1) is 0 Å². The fourth-order valence-corrected chi connectivity index (χ4v) is 2.06. The maximum Gasteiger partial charge on any atom is 0.123 e. The van der Waals surface area contributed by atoms with E-state index in [2.05, 4.69) is 66.3 Å². The molecule has 2 heteroatoms. The van der Waals surface area contributed by atoms with E-state index in [0.29, 0.717) is 11.5 Å². The number of phenolic OH excluding ortho intramolecular Hbond substituents is 1. The summed E-state index contributed by atoms with van der Waals surface area (Å²) in [7, 11) is 0. The third-order valence-corrected chi connectivity index (χ3v) is 3.37. The standard InChI is InChI=1S/C15H24OS/c1-14(2,3)11-7-10(9-17)13(16)12(8-11)15(4,5)6/h7-8,16-17H,9H2,1-6H3. The van der Waals surface area contributed by atoms with Crippen LogP contribution >= 0.6 is 12.6 Å². The minimum Gasteiger partial charge on any atom is -0.507 e. The first-order chi connectivity index (χ1) is 7.57. The molecule has 0 aromatic heterocycles. The van der Waals surface area contributed by atoms with Gasteiger partial charge in [-0.2, -0.15) is 12.6 Å². The highest BCUT2D eigenvalue weighted by atomic mass is 32.1. The molecule has 96 valence electrons. The lowest BCUT2D eigenvalue weighted by Crippen LogP contribution is -2.17. The number of thiol groups is 1. The topological polar surface area (TPSA) is 20.2 Å². The predicted octanol–water partition coefficient (Wildman–Crippen LogP) is 4.42. The zero-order valence-corrected chi connectivity index (χ0v) is 12.7. The largest absolute Gasteiger partial charge is 0.507 e. The Morgan fingerprint density at radius 2 is 1.53 bits per heavy atom. The van der Waals surface area contributed by atoms with Crippen LogP contribution in [0.1, 0.15) is 58.2 Å². The number of rotatable bonds is 1. The van der Waals surface area contributed by atoms with Crippen molar-refractivity contribution in [3.05, 3.63) is 28.8 Å². The molecular weight excluding hydrogens is 228 g/mol. The summed E-state index contributed by atoms with van der Waals surface area (Å²) in [5.41, 5.74) is 3.22. The van der Waals surface area contributed by atoms with Gasteiger partial charge in [0.05, 0.1) is 0 Å². The molecule has 1 rings (SSSR count). The van der Waals surface area contributed by atoms with E-state index in [1.165, 1.54) is 5.56 Å². The Bertz CT molecular complexity index is 408. The van der Waals surface area contributed by atoms with E-state index in [9.17, 15) is 5.11 Å². The minimum atomic E-state index is -0.0525. The van der Waals surface area contributed by atoms with Crippen molar-refractivity contribution in [3.63, 3.8) is 0 Å². The molecule has 0 spiro atoms. The molecule has 17 heavy (non-hydrogen) atoms. The second-order valence-corrected chi connectivity index (χ2v) is 7.01. The molecule has 0 aliphatic heterocycles. The molecule has 0 unspecified atom stereocenters. The molecule has 0 atom stereocenters. The van der Waals surface area contributed by atoms with Gasteiger partial charge in [0.15, 0.2) is 0 Å². The number of hydrogen-bond acceptors (Lipinski definition) is 2. The van der Waals surface area contributed by atoms with Crippen LogP contribution in [0.5, 0.6) is 5.75 Å². The molecule has 0 aliphatic rings. The van der Waals surface area contributed by atoms with E-state index in [0.717, 1.165) is 11.1 Å². The van der Waals surface area contributed by atoms with E-state index in [1.807, 2.05) is 0 Å². The van der Waals surface area contributed by atoms with Crippen LogP contribution in [0.4, 0.5) is 0 Å². The van der Waals surface area contributed by atoms with Gasteiger partial charge in [0.1, 0.15) is 5.75 Å². The van der Waals surface area contributed by atoms with Crippen LogP contribution in [0.25, 0.3) is 0 Å². The minimum absolute atomic E-state index is 0.0525. The molecule has 0 saturated carbocycles. The molecular formula is C15H24OS. The lowest BCUT2D eigenvalue weighted by atomic mass is 9.79. The Kier molecular flexibility index (Phi) is 3.87.